The smallest absolute Gasteiger partial charge is 0.251 e. The summed E-state index contributed by atoms with van der Waals surface area (Å²) in [4.78, 5) is 25.2. The number of rotatable bonds is 3. The van der Waals surface area contributed by atoms with Crippen molar-refractivity contribution in [1.82, 2.24) is 14.7 Å². The quantitative estimate of drug-likeness (QED) is 0.825. The van der Waals surface area contributed by atoms with Gasteiger partial charge < -0.3 is 10.6 Å². The zero-order valence-corrected chi connectivity index (χ0v) is 11.2. The molecule has 1 unspecified atom stereocenters. The molecule has 1 aliphatic heterocycles. The Labute approximate surface area is 117 Å². The van der Waals surface area contributed by atoms with Crippen LogP contribution in [0.15, 0.2) is 24.5 Å². The average Bonchev–Trinajstić information content (AvgIpc) is 2.87. The lowest BCUT2D eigenvalue weighted by molar-refractivity contribution is -0.141. The maximum absolute atomic E-state index is 12.3. The van der Waals surface area contributed by atoms with Crippen molar-refractivity contribution in [2.24, 2.45) is 11.7 Å². The van der Waals surface area contributed by atoms with Crippen molar-refractivity contribution in [2.75, 3.05) is 13.1 Å². The highest BCUT2D eigenvalue weighted by Gasteiger charge is 2.35. The fourth-order valence-electron chi connectivity index (χ4n) is 2.74. The van der Waals surface area contributed by atoms with Crippen LogP contribution < -0.4 is 5.73 Å². The van der Waals surface area contributed by atoms with E-state index in [9.17, 15) is 9.59 Å². The van der Waals surface area contributed by atoms with Crippen LogP contribution in [-0.4, -0.2) is 39.6 Å². The molecule has 1 aromatic heterocycles. The molecule has 1 aromatic rings. The minimum atomic E-state index is -0.475. The number of allylic oxidation sites excluding steroid dienone is 2. The zero-order chi connectivity index (χ0) is 14.1. The molecule has 0 radical (unpaired) electrons. The Morgan fingerprint density at radius 1 is 1.30 bits per heavy atom. The normalized spacial score (nSPS) is 22.6. The second-order valence-corrected chi connectivity index (χ2v) is 5.45. The predicted molar refractivity (Wildman–Crippen MR) is 72.8 cm³/mol. The van der Waals surface area contributed by atoms with Gasteiger partial charge in [-0.15, -0.1) is 0 Å². The number of primary amides is 1. The number of amides is 2. The highest BCUT2D eigenvalue weighted by atomic mass is 16.2. The number of nitrogens with two attached hydrogens (primary N) is 1. The fraction of sp³-hybridized carbons (Fsp3) is 0.500. The summed E-state index contributed by atoms with van der Waals surface area (Å²) in [6, 6.07) is 0.159. The first-order valence-corrected chi connectivity index (χ1v) is 6.93. The molecule has 2 amide bonds. The first kappa shape index (κ1) is 12.9. The van der Waals surface area contributed by atoms with E-state index in [0.717, 1.165) is 19.3 Å². The number of likely N-dealkylation sites (tertiary alicyclic amines) is 1. The molecule has 0 bridgehead atoms. The Bertz CT molecular complexity index is 557. The number of aromatic nitrogens is 2. The summed E-state index contributed by atoms with van der Waals surface area (Å²) < 4.78 is 1.73. The SMILES string of the molecule is NC(=O)c1cnn(C2CN(C(=O)C3CC=CCC3)C2)c1. The van der Waals surface area contributed by atoms with Crippen LogP contribution in [0.2, 0.25) is 0 Å². The lowest BCUT2D eigenvalue weighted by Crippen LogP contribution is -2.52. The minimum Gasteiger partial charge on any atom is -0.366 e. The predicted octanol–water partition coefficient (Wildman–Crippen LogP) is 0.722. The molecule has 0 saturated carbocycles. The molecule has 1 fully saturated rings. The van der Waals surface area contributed by atoms with Gasteiger partial charge in [-0.1, -0.05) is 12.2 Å². The van der Waals surface area contributed by atoms with Crippen LogP contribution in [0, 0.1) is 5.92 Å². The number of carbonyl (C=O) groups is 2. The van der Waals surface area contributed by atoms with Gasteiger partial charge in [0, 0.05) is 25.2 Å². The number of nitrogens with zero attached hydrogens (tertiary/aromatic N) is 3. The van der Waals surface area contributed by atoms with E-state index in [0.29, 0.717) is 18.7 Å². The topological polar surface area (TPSA) is 81.2 Å². The molecule has 1 atom stereocenters. The van der Waals surface area contributed by atoms with Crippen LogP contribution in [0.1, 0.15) is 35.7 Å². The number of hydrogen-bond acceptors (Lipinski definition) is 3. The van der Waals surface area contributed by atoms with Crippen molar-refractivity contribution in [3.05, 3.63) is 30.1 Å². The van der Waals surface area contributed by atoms with Crippen molar-refractivity contribution in [3.8, 4) is 0 Å². The van der Waals surface area contributed by atoms with E-state index < -0.39 is 5.91 Å². The third kappa shape index (κ3) is 2.33. The van der Waals surface area contributed by atoms with Crippen molar-refractivity contribution >= 4 is 11.8 Å². The Morgan fingerprint density at radius 2 is 2.10 bits per heavy atom. The second-order valence-electron chi connectivity index (χ2n) is 5.45. The molecule has 106 valence electrons. The van der Waals surface area contributed by atoms with Gasteiger partial charge in [-0.3, -0.25) is 14.3 Å². The Morgan fingerprint density at radius 3 is 2.70 bits per heavy atom. The van der Waals surface area contributed by atoms with Crippen molar-refractivity contribution in [1.29, 1.82) is 0 Å². The molecular weight excluding hydrogens is 256 g/mol. The van der Waals surface area contributed by atoms with Crippen molar-refractivity contribution in [3.63, 3.8) is 0 Å². The van der Waals surface area contributed by atoms with Crippen molar-refractivity contribution in [2.45, 2.75) is 25.3 Å². The molecule has 0 aromatic carbocycles. The number of carbonyl (C=O) groups excluding carboxylic acids is 2. The summed E-state index contributed by atoms with van der Waals surface area (Å²) in [7, 11) is 0. The molecule has 2 heterocycles. The fourth-order valence-corrected chi connectivity index (χ4v) is 2.74. The molecule has 2 aliphatic rings. The highest BCUT2D eigenvalue weighted by Crippen LogP contribution is 2.27. The molecule has 6 nitrogen and oxygen atoms in total. The summed E-state index contributed by atoms with van der Waals surface area (Å²) >= 11 is 0. The van der Waals surface area contributed by atoms with E-state index in [-0.39, 0.29) is 17.9 Å². The van der Waals surface area contributed by atoms with E-state index in [1.165, 1.54) is 6.20 Å². The average molecular weight is 274 g/mol. The van der Waals surface area contributed by atoms with Crippen LogP contribution in [-0.2, 0) is 4.79 Å². The van der Waals surface area contributed by atoms with Gasteiger partial charge >= 0.3 is 0 Å². The molecule has 2 N–H and O–H groups in total. The summed E-state index contributed by atoms with van der Waals surface area (Å²) in [5, 5.41) is 4.13. The van der Waals surface area contributed by atoms with Gasteiger partial charge in [0.1, 0.15) is 0 Å². The van der Waals surface area contributed by atoms with Gasteiger partial charge in [-0.2, -0.15) is 5.10 Å². The molecule has 0 spiro atoms. The van der Waals surface area contributed by atoms with Gasteiger partial charge in [0.25, 0.3) is 5.91 Å². The number of hydrogen-bond donors (Lipinski definition) is 1. The van der Waals surface area contributed by atoms with Crippen LogP contribution >= 0.6 is 0 Å². The highest BCUT2D eigenvalue weighted by molar-refractivity contribution is 5.92. The van der Waals surface area contributed by atoms with Crippen LogP contribution in [0.25, 0.3) is 0 Å². The lowest BCUT2D eigenvalue weighted by Gasteiger charge is -2.41. The van der Waals surface area contributed by atoms with Gasteiger partial charge in [-0.05, 0) is 19.3 Å². The van der Waals surface area contributed by atoms with E-state index in [1.54, 1.807) is 10.9 Å². The monoisotopic (exact) mass is 274 g/mol. The summed E-state index contributed by atoms with van der Waals surface area (Å²) in [6.45, 7) is 1.33. The maximum atomic E-state index is 12.3. The zero-order valence-electron chi connectivity index (χ0n) is 11.2. The third-order valence-corrected chi connectivity index (χ3v) is 4.05. The van der Waals surface area contributed by atoms with Crippen LogP contribution in [0.3, 0.4) is 0 Å². The Kier molecular flexibility index (Phi) is 3.30. The standard InChI is InChI=1S/C14H18N4O2/c15-13(19)11-6-16-18(7-11)12-8-17(9-12)14(20)10-4-2-1-3-5-10/h1-2,6-7,10,12H,3-5,8-9H2,(H2,15,19). The molecule has 6 heteroatoms. The molecule has 20 heavy (non-hydrogen) atoms. The van der Waals surface area contributed by atoms with E-state index in [1.807, 2.05) is 4.90 Å². The molecular formula is C14H18N4O2. The van der Waals surface area contributed by atoms with Gasteiger partial charge in [0.05, 0.1) is 17.8 Å². The third-order valence-electron chi connectivity index (χ3n) is 4.05. The first-order chi connectivity index (χ1) is 9.65. The first-order valence-electron chi connectivity index (χ1n) is 6.93. The second kappa shape index (κ2) is 5.11. The lowest BCUT2D eigenvalue weighted by atomic mass is 9.91. The Hall–Kier alpha value is -2.11. The van der Waals surface area contributed by atoms with Crippen LogP contribution in [0.5, 0.6) is 0 Å². The molecule has 3 rings (SSSR count). The van der Waals surface area contributed by atoms with E-state index >= 15 is 0 Å². The maximum Gasteiger partial charge on any atom is 0.251 e. The minimum absolute atomic E-state index is 0.139. The summed E-state index contributed by atoms with van der Waals surface area (Å²) in [5.74, 6) is -0.0925. The largest absolute Gasteiger partial charge is 0.366 e. The van der Waals surface area contributed by atoms with Crippen LogP contribution in [0.4, 0.5) is 0 Å². The van der Waals surface area contributed by atoms with Gasteiger partial charge in [-0.25, -0.2) is 0 Å². The summed E-state index contributed by atoms with van der Waals surface area (Å²) in [5.41, 5.74) is 5.61. The molecule has 1 aliphatic carbocycles. The summed E-state index contributed by atoms with van der Waals surface area (Å²) in [6.07, 6.45) is 10.1. The Balaban J connectivity index is 1.56. The van der Waals surface area contributed by atoms with E-state index in [4.69, 9.17) is 5.73 Å². The van der Waals surface area contributed by atoms with Gasteiger partial charge in [0.2, 0.25) is 5.91 Å². The molecule has 1 saturated heterocycles. The van der Waals surface area contributed by atoms with E-state index in [2.05, 4.69) is 17.3 Å². The van der Waals surface area contributed by atoms with Gasteiger partial charge in [0.15, 0.2) is 0 Å². The van der Waals surface area contributed by atoms with Crippen molar-refractivity contribution < 1.29 is 9.59 Å².